The molecule has 1 aliphatic heterocycles. The molecular weight excluding hydrogens is 346 g/mol. The number of ether oxygens (including phenoxy) is 2. The van der Waals surface area contributed by atoms with Crippen molar-refractivity contribution in [2.75, 3.05) is 6.61 Å². The first-order chi connectivity index (χ1) is 13.0. The van der Waals surface area contributed by atoms with Gasteiger partial charge in [-0.2, -0.15) is 0 Å². The van der Waals surface area contributed by atoms with Crippen LogP contribution >= 0.6 is 0 Å². The predicted octanol–water partition coefficient (Wildman–Crippen LogP) is 3.10. The molecule has 0 aromatic heterocycles. The number of hydrogen-bond acceptors (Lipinski definition) is 5. The highest BCUT2D eigenvalue weighted by Gasteiger charge is 2.56. The van der Waals surface area contributed by atoms with E-state index in [1.807, 2.05) is 6.07 Å². The summed E-state index contributed by atoms with van der Waals surface area (Å²) >= 11 is 0. The first-order valence-electron chi connectivity index (χ1n) is 8.77. The number of esters is 2. The van der Waals surface area contributed by atoms with Crippen LogP contribution in [-0.2, 0) is 19.1 Å². The Bertz CT molecular complexity index is 836. The normalized spacial score (nSPS) is 21.6. The van der Waals surface area contributed by atoms with E-state index < -0.39 is 23.7 Å². The summed E-state index contributed by atoms with van der Waals surface area (Å²) in [6, 6.07) is 17.6. The van der Waals surface area contributed by atoms with Crippen molar-refractivity contribution in [3.8, 4) is 0 Å². The Morgan fingerprint density at radius 1 is 1.07 bits per heavy atom. The molecule has 0 spiro atoms. The highest BCUT2D eigenvalue weighted by atomic mass is 16.6. The minimum absolute atomic E-state index is 0.193. The average Bonchev–Trinajstić information content (AvgIpc) is 2.93. The van der Waals surface area contributed by atoms with Crippen molar-refractivity contribution in [1.82, 2.24) is 4.90 Å². The van der Waals surface area contributed by atoms with Crippen molar-refractivity contribution in [1.29, 1.82) is 0 Å². The second kappa shape index (κ2) is 7.61. The molecule has 6 heteroatoms. The number of nitrogens with zero attached hydrogens (tertiary/aromatic N) is 1. The number of amides is 1. The SMILES string of the molecule is CCOC(=O)C[C@@]1(C)C(=O)O[C@@H](c2ccccc2)N1C(=O)c1ccccc1. The third kappa shape index (κ3) is 3.56. The predicted molar refractivity (Wildman–Crippen MR) is 97.5 cm³/mol. The molecule has 6 nitrogen and oxygen atoms in total. The van der Waals surface area contributed by atoms with Crippen LogP contribution in [0.2, 0.25) is 0 Å². The smallest absolute Gasteiger partial charge is 0.334 e. The Balaban J connectivity index is 2.04. The van der Waals surface area contributed by atoms with Gasteiger partial charge in [0.2, 0.25) is 6.23 Å². The molecule has 27 heavy (non-hydrogen) atoms. The molecule has 1 saturated heterocycles. The second-order valence-corrected chi connectivity index (χ2v) is 6.47. The monoisotopic (exact) mass is 367 g/mol. The molecule has 0 saturated carbocycles. The quantitative estimate of drug-likeness (QED) is 0.760. The van der Waals surface area contributed by atoms with E-state index in [-0.39, 0.29) is 18.9 Å². The van der Waals surface area contributed by atoms with Gasteiger partial charge in [0.1, 0.15) is 0 Å². The van der Waals surface area contributed by atoms with Gasteiger partial charge >= 0.3 is 11.9 Å². The summed E-state index contributed by atoms with van der Waals surface area (Å²) in [5.74, 6) is -1.58. The van der Waals surface area contributed by atoms with Gasteiger partial charge in [-0.1, -0.05) is 48.5 Å². The molecule has 1 aliphatic rings. The van der Waals surface area contributed by atoms with Gasteiger partial charge in [-0.3, -0.25) is 14.5 Å². The summed E-state index contributed by atoms with van der Waals surface area (Å²) in [4.78, 5) is 39.5. The van der Waals surface area contributed by atoms with E-state index in [9.17, 15) is 14.4 Å². The van der Waals surface area contributed by atoms with Crippen LogP contribution in [0.15, 0.2) is 60.7 Å². The van der Waals surface area contributed by atoms with E-state index >= 15 is 0 Å². The number of cyclic esters (lactones) is 1. The molecule has 0 bridgehead atoms. The summed E-state index contributed by atoms with van der Waals surface area (Å²) in [6.07, 6.45) is -1.19. The summed E-state index contributed by atoms with van der Waals surface area (Å²) in [5, 5.41) is 0. The molecule has 1 fully saturated rings. The molecule has 3 rings (SSSR count). The van der Waals surface area contributed by atoms with Gasteiger partial charge in [0.25, 0.3) is 5.91 Å². The number of carbonyl (C=O) groups is 3. The van der Waals surface area contributed by atoms with Crippen LogP contribution in [0, 0.1) is 0 Å². The molecule has 0 N–H and O–H groups in total. The van der Waals surface area contributed by atoms with Gasteiger partial charge in [-0.25, -0.2) is 4.79 Å². The molecule has 0 unspecified atom stereocenters. The maximum absolute atomic E-state index is 13.3. The number of carbonyl (C=O) groups excluding carboxylic acids is 3. The topological polar surface area (TPSA) is 72.9 Å². The highest BCUT2D eigenvalue weighted by molar-refractivity contribution is 6.01. The minimum atomic E-state index is -1.46. The maximum Gasteiger partial charge on any atom is 0.334 e. The van der Waals surface area contributed by atoms with E-state index in [1.54, 1.807) is 61.5 Å². The fourth-order valence-corrected chi connectivity index (χ4v) is 3.17. The Kier molecular flexibility index (Phi) is 5.26. The Morgan fingerprint density at radius 2 is 1.67 bits per heavy atom. The fraction of sp³-hybridized carbons (Fsp3) is 0.286. The third-order valence-electron chi connectivity index (χ3n) is 4.54. The van der Waals surface area contributed by atoms with Crippen LogP contribution in [0.25, 0.3) is 0 Å². The molecule has 140 valence electrons. The van der Waals surface area contributed by atoms with E-state index in [1.165, 1.54) is 11.8 Å². The van der Waals surface area contributed by atoms with Crippen molar-refractivity contribution >= 4 is 17.8 Å². The van der Waals surface area contributed by atoms with Crippen LogP contribution in [0.5, 0.6) is 0 Å². The summed E-state index contributed by atoms with van der Waals surface area (Å²) < 4.78 is 10.6. The molecule has 2 aromatic carbocycles. The molecule has 2 aromatic rings. The molecule has 0 aliphatic carbocycles. The first kappa shape index (κ1) is 18.6. The molecular formula is C21H21NO5. The van der Waals surface area contributed by atoms with E-state index in [0.717, 1.165) is 0 Å². The Hall–Kier alpha value is -3.15. The number of rotatable bonds is 5. The van der Waals surface area contributed by atoms with Crippen LogP contribution in [0.3, 0.4) is 0 Å². The van der Waals surface area contributed by atoms with Crippen molar-refractivity contribution in [2.24, 2.45) is 0 Å². The van der Waals surface area contributed by atoms with Gasteiger partial charge in [-0.15, -0.1) is 0 Å². The summed E-state index contributed by atoms with van der Waals surface area (Å²) in [7, 11) is 0. The second-order valence-electron chi connectivity index (χ2n) is 6.47. The standard InChI is InChI=1S/C21H21NO5/c1-3-26-17(23)14-21(2)20(25)27-19(16-12-8-5-9-13-16)22(21)18(24)15-10-6-4-7-11-15/h4-13,19H,3,14H2,1-2H3/t19-,21-/m0/s1. The van der Waals surface area contributed by atoms with E-state index in [0.29, 0.717) is 11.1 Å². The molecule has 1 amide bonds. The van der Waals surface area contributed by atoms with Crippen molar-refractivity contribution in [3.05, 3.63) is 71.8 Å². The van der Waals surface area contributed by atoms with Gasteiger partial charge in [-0.05, 0) is 26.0 Å². The van der Waals surface area contributed by atoms with Crippen LogP contribution in [0.4, 0.5) is 0 Å². The molecule has 0 radical (unpaired) electrons. The Labute approximate surface area is 157 Å². The maximum atomic E-state index is 13.3. The van der Waals surface area contributed by atoms with Gasteiger partial charge in [0.05, 0.1) is 13.0 Å². The highest BCUT2D eigenvalue weighted by Crippen LogP contribution is 2.41. The van der Waals surface area contributed by atoms with Crippen LogP contribution in [-0.4, -0.2) is 34.9 Å². The zero-order chi connectivity index (χ0) is 19.4. The van der Waals surface area contributed by atoms with Crippen LogP contribution < -0.4 is 0 Å². The lowest BCUT2D eigenvalue weighted by Gasteiger charge is -2.33. The van der Waals surface area contributed by atoms with Crippen molar-refractivity contribution < 1.29 is 23.9 Å². The largest absolute Gasteiger partial charge is 0.466 e. The number of hydrogen-bond donors (Lipinski definition) is 0. The number of benzene rings is 2. The van der Waals surface area contributed by atoms with Gasteiger partial charge < -0.3 is 9.47 Å². The van der Waals surface area contributed by atoms with Crippen molar-refractivity contribution in [3.63, 3.8) is 0 Å². The lowest BCUT2D eigenvalue weighted by molar-refractivity contribution is -0.152. The van der Waals surface area contributed by atoms with Gasteiger partial charge in [0.15, 0.2) is 5.54 Å². The fourth-order valence-electron chi connectivity index (χ4n) is 3.17. The lowest BCUT2D eigenvalue weighted by atomic mass is 9.94. The zero-order valence-corrected chi connectivity index (χ0v) is 15.3. The molecule has 1 heterocycles. The van der Waals surface area contributed by atoms with Crippen LogP contribution in [0.1, 0.15) is 42.4 Å². The van der Waals surface area contributed by atoms with E-state index in [4.69, 9.17) is 9.47 Å². The van der Waals surface area contributed by atoms with E-state index in [2.05, 4.69) is 0 Å². The molecule has 2 atom stereocenters. The first-order valence-corrected chi connectivity index (χ1v) is 8.77. The Morgan fingerprint density at radius 3 is 2.26 bits per heavy atom. The third-order valence-corrected chi connectivity index (χ3v) is 4.54. The lowest BCUT2D eigenvalue weighted by Crippen LogP contribution is -2.51. The van der Waals surface area contributed by atoms with Crippen molar-refractivity contribution in [2.45, 2.75) is 32.0 Å². The van der Waals surface area contributed by atoms with Gasteiger partial charge in [0, 0.05) is 11.1 Å². The zero-order valence-electron chi connectivity index (χ0n) is 15.3. The summed E-state index contributed by atoms with van der Waals surface area (Å²) in [6.45, 7) is 3.42. The summed E-state index contributed by atoms with van der Waals surface area (Å²) in [5.41, 5.74) is -0.394. The average molecular weight is 367 g/mol. The minimum Gasteiger partial charge on any atom is -0.466 e.